The maximum Gasteiger partial charge on any atom is 0.141 e. The first-order valence-corrected chi connectivity index (χ1v) is 5.02. The first-order valence-electron chi connectivity index (χ1n) is 4.20. The maximum atomic E-state index is 11.3. The lowest BCUT2D eigenvalue weighted by atomic mass is 10.0. The number of carbonyl (C=O) groups excluding carboxylic acids is 1. The number of ketones is 1. The van der Waals surface area contributed by atoms with Gasteiger partial charge in [0.05, 0.1) is 5.41 Å². The zero-order valence-electron chi connectivity index (χ0n) is 7.33. The van der Waals surface area contributed by atoms with Crippen LogP contribution in [0.2, 0.25) is 0 Å². The van der Waals surface area contributed by atoms with Crippen LogP contribution in [0.4, 0.5) is 0 Å². The highest BCUT2D eigenvalue weighted by Gasteiger charge is 2.49. The van der Waals surface area contributed by atoms with Crippen LogP contribution in [-0.4, -0.2) is 5.78 Å². The molecule has 1 heterocycles. The monoisotopic (exact) mass is 191 g/mol. The van der Waals surface area contributed by atoms with Gasteiger partial charge < -0.3 is 0 Å². The van der Waals surface area contributed by atoms with Crippen LogP contribution in [0.25, 0.3) is 0 Å². The van der Waals surface area contributed by atoms with E-state index in [-0.39, 0.29) is 11.2 Å². The Balaban J connectivity index is 2.37. The third-order valence-electron chi connectivity index (χ3n) is 2.61. The lowest BCUT2D eigenvalue weighted by Gasteiger charge is -2.06. The van der Waals surface area contributed by atoms with Gasteiger partial charge in [-0.3, -0.25) is 4.79 Å². The van der Waals surface area contributed by atoms with Crippen molar-refractivity contribution in [1.29, 1.82) is 5.26 Å². The van der Waals surface area contributed by atoms with Gasteiger partial charge in [-0.15, -0.1) is 11.3 Å². The van der Waals surface area contributed by atoms with Crippen LogP contribution < -0.4 is 0 Å². The first kappa shape index (κ1) is 8.46. The van der Waals surface area contributed by atoms with Crippen LogP contribution >= 0.6 is 11.3 Å². The van der Waals surface area contributed by atoms with Crippen LogP contribution in [0.3, 0.4) is 0 Å². The van der Waals surface area contributed by atoms with E-state index in [0.29, 0.717) is 4.88 Å². The molecule has 1 saturated carbocycles. The summed E-state index contributed by atoms with van der Waals surface area (Å²) in [7, 11) is 0. The Morgan fingerprint density at radius 2 is 2.31 bits per heavy atom. The van der Waals surface area contributed by atoms with Crippen LogP contribution in [-0.2, 0) is 10.2 Å². The second-order valence-electron chi connectivity index (χ2n) is 3.41. The molecule has 0 unspecified atom stereocenters. The van der Waals surface area contributed by atoms with Crippen molar-refractivity contribution in [3.05, 3.63) is 21.9 Å². The molecule has 0 atom stereocenters. The minimum atomic E-state index is -0.209. The molecule has 1 aliphatic rings. The van der Waals surface area contributed by atoms with Gasteiger partial charge in [0.1, 0.15) is 16.7 Å². The van der Waals surface area contributed by atoms with E-state index in [1.165, 1.54) is 11.3 Å². The van der Waals surface area contributed by atoms with Crippen molar-refractivity contribution in [3.8, 4) is 6.07 Å². The molecule has 3 heteroatoms. The van der Waals surface area contributed by atoms with Crippen molar-refractivity contribution in [2.45, 2.75) is 25.2 Å². The topological polar surface area (TPSA) is 40.9 Å². The lowest BCUT2D eigenvalue weighted by Crippen LogP contribution is -2.14. The van der Waals surface area contributed by atoms with Gasteiger partial charge in [-0.1, -0.05) is 0 Å². The van der Waals surface area contributed by atoms with Gasteiger partial charge >= 0.3 is 0 Å². The molecular weight excluding hydrogens is 182 g/mol. The molecule has 13 heavy (non-hydrogen) atoms. The lowest BCUT2D eigenvalue weighted by molar-refractivity contribution is -0.119. The highest BCUT2D eigenvalue weighted by molar-refractivity contribution is 7.12. The number of hydrogen-bond donors (Lipinski definition) is 0. The summed E-state index contributed by atoms with van der Waals surface area (Å²) < 4.78 is 0. The average molecular weight is 191 g/mol. The number of rotatable bonds is 2. The normalized spacial score (nSPS) is 17.8. The number of hydrogen-bond acceptors (Lipinski definition) is 3. The van der Waals surface area contributed by atoms with E-state index < -0.39 is 0 Å². The molecule has 1 aromatic heterocycles. The van der Waals surface area contributed by atoms with Crippen molar-refractivity contribution < 1.29 is 4.79 Å². The molecule has 0 radical (unpaired) electrons. The Morgan fingerprint density at radius 3 is 2.69 bits per heavy atom. The van der Waals surface area contributed by atoms with Gasteiger partial charge in [0.25, 0.3) is 0 Å². The number of nitriles is 1. The fourth-order valence-electron chi connectivity index (χ4n) is 1.55. The molecule has 1 aromatic rings. The molecular formula is C10H9NOS. The molecule has 2 rings (SSSR count). The third kappa shape index (κ3) is 1.18. The summed E-state index contributed by atoms with van der Waals surface area (Å²) in [6.45, 7) is 1.64. The third-order valence-corrected chi connectivity index (χ3v) is 3.81. The van der Waals surface area contributed by atoms with Crippen molar-refractivity contribution >= 4 is 17.1 Å². The Hall–Kier alpha value is -1.14. The zero-order chi connectivity index (χ0) is 9.47. The highest BCUT2D eigenvalue weighted by Crippen LogP contribution is 2.51. The Labute approximate surface area is 80.8 Å². The molecule has 66 valence electrons. The summed E-state index contributed by atoms with van der Waals surface area (Å²) in [4.78, 5) is 13.1. The summed E-state index contributed by atoms with van der Waals surface area (Å²) in [5.41, 5.74) is -0.209. The Bertz CT molecular complexity index is 395. The largest absolute Gasteiger partial charge is 0.299 e. The number of Topliss-reactive ketones (excluding diaryl/α,β-unsaturated/α-hetero) is 1. The second-order valence-corrected chi connectivity index (χ2v) is 4.50. The predicted molar refractivity (Wildman–Crippen MR) is 50.6 cm³/mol. The molecule has 0 amide bonds. The van der Waals surface area contributed by atoms with E-state index in [4.69, 9.17) is 5.26 Å². The van der Waals surface area contributed by atoms with Crippen molar-refractivity contribution in [2.24, 2.45) is 0 Å². The maximum absolute atomic E-state index is 11.3. The Kier molecular flexibility index (Phi) is 1.74. The molecule has 0 saturated heterocycles. The van der Waals surface area contributed by atoms with Gasteiger partial charge in [-0.2, -0.15) is 5.26 Å². The fourth-order valence-corrected chi connectivity index (χ4v) is 2.65. The average Bonchev–Trinajstić information content (AvgIpc) is 2.79. The van der Waals surface area contributed by atoms with Crippen LogP contribution in [0.15, 0.2) is 12.1 Å². The quantitative estimate of drug-likeness (QED) is 0.719. The molecule has 2 nitrogen and oxygen atoms in total. The number of thiophene rings is 1. The van der Waals surface area contributed by atoms with Gasteiger partial charge in [0.2, 0.25) is 0 Å². The summed E-state index contributed by atoms with van der Waals surface area (Å²) in [6.07, 6.45) is 1.90. The number of carbonyl (C=O) groups is 1. The summed E-state index contributed by atoms with van der Waals surface area (Å²) in [5, 5.41) is 8.65. The minimum Gasteiger partial charge on any atom is -0.299 e. The molecule has 1 fully saturated rings. The second kappa shape index (κ2) is 2.68. The molecule has 0 aromatic carbocycles. The fraction of sp³-hybridized carbons (Fsp3) is 0.400. The van der Waals surface area contributed by atoms with E-state index in [0.717, 1.165) is 17.7 Å². The van der Waals surface area contributed by atoms with Crippen molar-refractivity contribution in [1.82, 2.24) is 0 Å². The highest BCUT2D eigenvalue weighted by atomic mass is 32.1. The summed E-state index contributed by atoms with van der Waals surface area (Å²) in [6, 6.07) is 5.80. The van der Waals surface area contributed by atoms with Crippen molar-refractivity contribution in [3.63, 3.8) is 0 Å². The van der Waals surface area contributed by atoms with Gasteiger partial charge in [-0.05, 0) is 31.9 Å². The van der Waals surface area contributed by atoms with E-state index in [1.807, 2.05) is 6.07 Å². The van der Waals surface area contributed by atoms with Crippen molar-refractivity contribution in [2.75, 3.05) is 0 Å². The predicted octanol–water partition coefficient (Wildman–Crippen LogP) is 2.24. The molecule has 1 aliphatic carbocycles. The SMILES string of the molecule is CC(=O)C1(c2ccc(C#N)s2)CC1. The van der Waals surface area contributed by atoms with Crippen LogP contribution in [0, 0.1) is 11.3 Å². The van der Waals surface area contributed by atoms with Crippen LogP contribution in [0.5, 0.6) is 0 Å². The number of nitrogens with zero attached hydrogens (tertiary/aromatic N) is 1. The zero-order valence-corrected chi connectivity index (χ0v) is 8.15. The van der Waals surface area contributed by atoms with E-state index in [9.17, 15) is 4.79 Å². The molecule has 0 bridgehead atoms. The van der Waals surface area contributed by atoms with Crippen LogP contribution in [0.1, 0.15) is 29.5 Å². The Morgan fingerprint density at radius 1 is 1.62 bits per heavy atom. The first-order chi connectivity index (χ1) is 6.19. The minimum absolute atomic E-state index is 0.209. The van der Waals surface area contributed by atoms with E-state index in [1.54, 1.807) is 13.0 Å². The molecule has 0 spiro atoms. The van der Waals surface area contributed by atoms with Gasteiger partial charge in [0, 0.05) is 4.88 Å². The smallest absolute Gasteiger partial charge is 0.141 e. The van der Waals surface area contributed by atoms with Gasteiger partial charge in [0.15, 0.2) is 0 Å². The van der Waals surface area contributed by atoms with Gasteiger partial charge in [-0.25, -0.2) is 0 Å². The molecule has 0 N–H and O–H groups in total. The summed E-state index contributed by atoms with van der Waals surface area (Å²) in [5.74, 6) is 0.235. The summed E-state index contributed by atoms with van der Waals surface area (Å²) >= 11 is 1.45. The van der Waals surface area contributed by atoms with E-state index >= 15 is 0 Å². The van der Waals surface area contributed by atoms with E-state index in [2.05, 4.69) is 6.07 Å². The standard InChI is InChI=1S/C10H9NOS/c1-7(12)10(4-5-10)9-3-2-8(6-11)13-9/h2-3H,4-5H2,1H3. The molecule has 0 aliphatic heterocycles.